The summed E-state index contributed by atoms with van der Waals surface area (Å²) in [7, 11) is 5.78. The molecule has 1 unspecified atom stereocenters. The Hall–Kier alpha value is -1.59. The van der Waals surface area contributed by atoms with Gasteiger partial charge in [0.25, 0.3) is 5.91 Å². The molecule has 0 bridgehead atoms. The van der Waals surface area contributed by atoms with Crippen LogP contribution in [0.25, 0.3) is 0 Å². The molecule has 0 aliphatic carbocycles. The molecule has 1 aliphatic heterocycles. The Bertz CT molecular complexity index is 439. The van der Waals surface area contributed by atoms with Crippen molar-refractivity contribution >= 4 is 11.6 Å². The fraction of sp³-hybridized carbons (Fsp3) is 0.533. The highest BCUT2D eigenvalue weighted by molar-refractivity contribution is 5.94. The van der Waals surface area contributed by atoms with Crippen molar-refractivity contribution in [3.8, 4) is 0 Å². The van der Waals surface area contributed by atoms with Crippen LogP contribution in [0.3, 0.4) is 0 Å². The van der Waals surface area contributed by atoms with Crippen molar-refractivity contribution in [3.05, 3.63) is 29.8 Å². The number of carbonyl (C=O) groups excluding carboxylic acids is 1. The Balaban J connectivity index is 1.95. The van der Waals surface area contributed by atoms with E-state index in [0.717, 1.165) is 18.8 Å². The number of hydrogen-bond acceptors (Lipinski definition) is 4. The maximum Gasteiger partial charge on any atom is 0.253 e. The second-order valence-corrected chi connectivity index (χ2v) is 5.32. The van der Waals surface area contributed by atoms with Crippen LogP contribution in [-0.4, -0.2) is 64.3 Å². The van der Waals surface area contributed by atoms with Crippen LogP contribution < -0.4 is 10.2 Å². The van der Waals surface area contributed by atoms with Crippen molar-refractivity contribution in [1.29, 1.82) is 0 Å². The van der Waals surface area contributed by atoms with Gasteiger partial charge < -0.3 is 19.9 Å². The summed E-state index contributed by atoms with van der Waals surface area (Å²) in [4.78, 5) is 16.1. The lowest BCUT2D eigenvalue weighted by molar-refractivity contribution is 0.0104. The Morgan fingerprint density at radius 1 is 1.30 bits per heavy atom. The molecule has 1 aromatic carbocycles. The topological polar surface area (TPSA) is 44.8 Å². The standard InChI is InChI=1S/C15H23N3O2/c1-17(2)13-6-4-12(5-7-13)15(19)18(3)11-14-10-16-8-9-20-14/h4-7,14,16H,8-11H2,1-3H3. The van der Waals surface area contributed by atoms with Crippen molar-refractivity contribution in [2.24, 2.45) is 0 Å². The summed E-state index contributed by atoms with van der Waals surface area (Å²) < 4.78 is 5.62. The number of nitrogens with one attached hydrogen (secondary N) is 1. The first-order valence-corrected chi connectivity index (χ1v) is 6.93. The molecule has 1 N–H and O–H groups in total. The van der Waals surface area contributed by atoms with E-state index >= 15 is 0 Å². The quantitative estimate of drug-likeness (QED) is 0.885. The Labute approximate surface area is 120 Å². The van der Waals surface area contributed by atoms with Gasteiger partial charge in [-0.25, -0.2) is 0 Å². The van der Waals surface area contributed by atoms with Crippen LogP contribution in [0.15, 0.2) is 24.3 Å². The van der Waals surface area contributed by atoms with Crippen molar-refractivity contribution in [3.63, 3.8) is 0 Å². The Kier molecular flexibility index (Phi) is 4.98. The van der Waals surface area contributed by atoms with Crippen molar-refractivity contribution in [2.45, 2.75) is 6.10 Å². The minimum absolute atomic E-state index is 0.0319. The molecule has 1 atom stereocenters. The smallest absolute Gasteiger partial charge is 0.253 e. The zero-order valence-electron chi connectivity index (χ0n) is 12.4. The molecular weight excluding hydrogens is 254 g/mol. The molecule has 1 amide bonds. The van der Waals surface area contributed by atoms with E-state index in [1.807, 2.05) is 50.3 Å². The van der Waals surface area contributed by atoms with Crippen molar-refractivity contribution in [2.75, 3.05) is 52.3 Å². The second kappa shape index (κ2) is 6.72. The van der Waals surface area contributed by atoms with Gasteiger partial charge in [-0.1, -0.05) is 0 Å². The van der Waals surface area contributed by atoms with Crippen LogP contribution in [0, 0.1) is 0 Å². The van der Waals surface area contributed by atoms with E-state index in [4.69, 9.17) is 4.74 Å². The fourth-order valence-corrected chi connectivity index (χ4v) is 2.25. The lowest BCUT2D eigenvalue weighted by atomic mass is 10.1. The predicted octanol–water partition coefficient (Wildman–Crippen LogP) is 0.813. The largest absolute Gasteiger partial charge is 0.378 e. The summed E-state index contributed by atoms with van der Waals surface area (Å²) in [6.45, 7) is 3.02. The van der Waals surface area contributed by atoms with Gasteiger partial charge in [-0.05, 0) is 24.3 Å². The van der Waals surface area contributed by atoms with Gasteiger partial charge in [-0.3, -0.25) is 4.79 Å². The number of rotatable bonds is 4. The highest BCUT2D eigenvalue weighted by Gasteiger charge is 2.19. The number of hydrogen-bond donors (Lipinski definition) is 1. The molecule has 0 spiro atoms. The third-order valence-electron chi connectivity index (χ3n) is 3.46. The Morgan fingerprint density at radius 3 is 2.55 bits per heavy atom. The summed E-state index contributed by atoms with van der Waals surface area (Å²) in [6.07, 6.45) is 0.0822. The highest BCUT2D eigenvalue weighted by Crippen LogP contribution is 2.13. The van der Waals surface area contributed by atoms with Crippen LogP contribution in [0.2, 0.25) is 0 Å². The third kappa shape index (κ3) is 3.71. The predicted molar refractivity (Wildman–Crippen MR) is 80.3 cm³/mol. The average Bonchev–Trinajstić information content (AvgIpc) is 2.47. The van der Waals surface area contributed by atoms with Gasteiger partial charge in [0.1, 0.15) is 0 Å². The highest BCUT2D eigenvalue weighted by atomic mass is 16.5. The molecule has 20 heavy (non-hydrogen) atoms. The molecule has 110 valence electrons. The van der Waals surface area contributed by atoms with Gasteiger partial charge in [0.15, 0.2) is 0 Å². The van der Waals surface area contributed by atoms with Crippen LogP contribution in [-0.2, 0) is 4.74 Å². The average molecular weight is 277 g/mol. The molecule has 1 heterocycles. The number of benzene rings is 1. The SMILES string of the molecule is CN(CC1CNCCO1)C(=O)c1ccc(N(C)C)cc1. The van der Waals surface area contributed by atoms with E-state index in [0.29, 0.717) is 18.7 Å². The maximum absolute atomic E-state index is 12.3. The van der Waals surface area contributed by atoms with Crippen molar-refractivity contribution in [1.82, 2.24) is 10.2 Å². The van der Waals surface area contributed by atoms with E-state index in [2.05, 4.69) is 5.32 Å². The summed E-state index contributed by atoms with van der Waals surface area (Å²) >= 11 is 0. The van der Waals surface area contributed by atoms with Crippen LogP contribution in [0.1, 0.15) is 10.4 Å². The van der Waals surface area contributed by atoms with Gasteiger partial charge in [-0.2, -0.15) is 0 Å². The second-order valence-electron chi connectivity index (χ2n) is 5.32. The summed E-state index contributed by atoms with van der Waals surface area (Å²) in [5.41, 5.74) is 1.80. The first kappa shape index (κ1) is 14.8. The third-order valence-corrected chi connectivity index (χ3v) is 3.46. The number of anilines is 1. The zero-order chi connectivity index (χ0) is 14.5. The van der Waals surface area contributed by atoms with E-state index in [1.54, 1.807) is 4.90 Å². The van der Waals surface area contributed by atoms with Crippen molar-refractivity contribution < 1.29 is 9.53 Å². The van der Waals surface area contributed by atoms with Crippen LogP contribution >= 0.6 is 0 Å². The van der Waals surface area contributed by atoms with Gasteiger partial charge in [0, 0.05) is 52.0 Å². The number of ether oxygens (including phenoxy) is 1. The minimum atomic E-state index is 0.0319. The number of nitrogens with zero attached hydrogens (tertiary/aromatic N) is 2. The first-order valence-electron chi connectivity index (χ1n) is 6.93. The van der Waals surface area contributed by atoms with Gasteiger partial charge in [0.05, 0.1) is 12.7 Å². The summed E-state index contributed by atoms with van der Waals surface area (Å²) in [6, 6.07) is 7.65. The van der Waals surface area contributed by atoms with E-state index < -0.39 is 0 Å². The summed E-state index contributed by atoms with van der Waals surface area (Å²) in [5.74, 6) is 0.0319. The Morgan fingerprint density at radius 2 is 2.00 bits per heavy atom. The lowest BCUT2D eigenvalue weighted by Crippen LogP contribution is -2.45. The molecule has 1 aliphatic rings. The van der Waals surface area contributed by atoms with Crippen LogP contribution in [0.4, 0.5) is 5.69 Å². The number of morpholine rings is 1. The van der Waals surface area contributed by atoms with E-state index in [9.17, 15) is 4.79 Å². The number of amides is 1. The van der Waals surface area contributed by atoms with E-state index in [-0.39, 0.29) is 12.0 Å². The molecule has 0 aromatic heterocycles. The minimum Gasteiger partial charge on any atom is -0.378 e. The molecule has 5 heteroatoms. The normalized spacial score (nSPS) is 18.6. The monoisotopic (exact) mass is 277 g/mol. The number of carbonyl (C=O) groups is 1. The molecule has 2 rings (SSSR count). The number of likely N-dealkylation sites (N-methyl/N-ethyl adjacent to an activating group) is 1. The summed E-state index contributed by atoms with van der Waals surface area (Å²) in [5, 5.41) is 3.27. The van der Waals surface area contributed by atoms with Gasteiger partial charge >= 0.3 is 0 Å². The molecule has 1 saturated heterocycles. The van der Waals surface area contributed by atoms with E-state index in [1.165, 1.54) is 0 Å². The molecule has 1 fully saturated rings. The molecule has 0 radical (unpaired) electrons. The van der Waals surface area contributed by atoms with Crippen LogP contribution in [0.5, 0.6) is 0 Å². The molecule has 0 saturated carbocycles. The zero-order valence-corrected chi connectivity index (χ0v) is 12.4. The molecular formula is C15H23N3O2. The first-order chi connectivity index (χ1) is 9.58. The van der Waals surface area contributed by atoms with Gasteiger partial charge in [-0.15, -0.1) is 0 Å². The van der Waals surface area contributed by atoms with Gasteiger partial charge in [0.2, 0.25) is 0 Å². The molecule has 1 aromatic rings. The maximum atomic E-state index is 12.3. The fourth-order valence-electron chi connectivity index (χ4n) is 2.25. The molecule has 5 nitrogen and oxygen atoms in total. The lowest BCUT2D eigenvalue weighted by Gasteiger charge is -2.28.